The number of hydrogen-bond donors (Lipinski definition) is 0. The smallest absolute Gasteiger partial charge is 0.354 e. The third-order valence-corrected chi connectivity index (χ3v) is 2.03. The summed E-state index contributed by atoms with van der Waals surface area (Å²) in [7, 11) is 1.65. The molecular formula is C11H17O8P. The highest BCUT2D eigenvalue weighted by Gasteiger charge is 2.41. The molecule has 0 amide bonds. The van der Waals surface area contributed by atoms with Gasteiger partial charge in [0.25, 0.3) is 0 Å². The lowest BCUT2D eigenvalue weighted by molar-refractivity contribution is -0.188. The van der Waals surface area contributed by atoms with Crippen molar-refractivity contribution < 1.29 is 37.9 Å². The highest BCUT2D eigenvalue weighted by atomic mass is 31.0. The van der Waals surface area contributed by atoms with Crippen molar-refractivity contribution in [2.24, 2.45) is 0 Å². The van der Waals surface area contributed by atoms with Crippen molar-refractivity contribution in [1.82, 2.24) is 0 Å². The van der Waals surface area contributed by atoms with Gasteiger partial charge < -0.3 is 18.7 Å². The van der Waals surface area contributed by atoms with Crippen LogP contribution in [0.15, 0.2) is 0 Å². The van der Waals surface area contributed by atoms with E-state index in [4.69, 9.17) is 9.47 Å². The second-order valence-corrected chi connectivity index (χ2v) is 4.22. The average molecular weight is 308 g/mol. The quantitative estimate of drug-likeness (QED) is 0.387. The maximum absolute atomic E-state index is 11.8. The van der Waals surface area contributed by atoms with E-state index in [1.807, 2.05) is 0 Å². The Hall–Kier alpha value is -1.69. The van der Waals surface area contributed by atoms with Gasteiger partial charge in [-0.05, 0) is 13.8 Å². The molecule has 0 bridgehead atoms. The van der Waals surface area contributed by atoms with Gasteiger partial charge in [-0.1, -0.05) is 0 Å². The van der Waals surface area contributed by atoms with Gasteiger partial charge in [0.15, 0.2) is 0 Å². The van der Waals surface area contributed by atoms with Crippen molar-refractivity contribution in [2.75, 3.05) is 0 Å². The Kier molecular flexibility index (Phi) is 7.76. The van der Waals surface area contributed by atoms with Crippen molar-refractivity contribution in [3.63, 3.8) is 0 Å². The SMILES string of the molecule is CC(=O)O[C@@H](C(=O)OP)[C@@H](OC(C)=O)C(=O)OC(C)C. The highest BCUT2D eigenvalue weighted by molar-refractivity contribution is 7.10. The van der Waals surface area contributed by atoms with E-state index in [9.17, 15) is 19.2 Å². The largest absolute Gasteiger partial charge is 0.460 e. The zero-order valence-corrected chi connectivity index (χ0v) is 12.7. The molecule has 0 saturated carbocycles. The minimum absolute atomic E-state index is 0.509. The van der Waals surface area contributed by atoms with E-state index in [-0.39, 0.29) is 0 Å². The van der Waals surface area contributed by atoms with Crippen LogP contribution in [0.4, 0.5) is 0 Å². The van der Waals surface area contributed by atoms with Crippen LogP contribution >= 0.6 is 9.47 Å². The van der Waals surface area contributed by atoms with E-state index in [0.717, 1.165) is 13.8 Å². The fourth-order valence-corrected chi connectivity index (χ4v) is 1.33. The van der Waals surface area contributed by atoms with Gasteiger partial charge in [0.05, 0.1) is 15.6 Å². The second kappa shape index (κ2) is 8.47. The summed E-state index contributed by atoms with van der Waals surface area (Å²) in [5.74, 6) is -3.78. The molecule has 0 aliphatic carbocycles. The van der Waals surface area contributed by atoms with Gasteiger partial charge in [0.1, 0.15) is 0 Å². The van der Waals surface area contributed by atoms with E-state index < -0.39 is 42.2 Å². The molecule has 114 valence electrons. The monoisotopic (exact) mass is 308 g/mol. The summed E-state index contributed by atoms with van der Waals surface area (Å²) in [6, 6.07) is 0. The molecule has 3 atom stereocenters. The van der Waals surface area contributed by atoms with Crippen molar-refractivity contribution in [3.8, 4) is 0 Å². The van der Waals surface area contributed by atoms with E-state index in [2.05, 4.69) is 9.26 Å². The van der Waals surface area contributed by atoms with Crippen molar-refractivity contribution in [2.45, 2.75) is 46.0 Å². The molecule has 0 spiro atoms. The molecule has 0 aliphatic rings. The molecule has 0 aliphatic heterocycles. The molecule has 0 heterocycles. The highest BCUT2D eigenvalue weighted by Crippen LogP contribution is 2.13. The van der Waals surface area contributed by atoms with Gasteiger partial charge in [-0.15, -0.1) is 0 Å². The van der Waals surface area contributed by atoms with E-state index >= 15 is 0 Å². The summed E-state index contributed by atoms with van der Waals surface area (Å²) in [5, 5.41) is 0. The molecule has 0 radical (unpaired) electrons. The summed E-state index contributed by atoms with van der Waals surface area (Å²) in [6.07, 6.45) is -3.97. The molecule has 0 aromatic carbocycles. The number of carbonyl (C=O) groups is 4. The molecular weight excluding hydrogens is 291 g/mol. The molecule has 0 aromatic heterocycles. The van der Waals surface area contributed by atoms with Crippen LogP contribution in [-0.4, -0.2) is 42.2 Å². The lowest BCUT2D eigenvalue weighted by Gasteiger charge is -2.23. The van der Waals surface area contributed by atoms with E-state index in [0.29, 0.717) is 0 Å². The topological polar surface area (TPSA) is 105 Å². The van der Waals surface area contributed by atoms with Crippen LogP contribution in [0.3, 0.4) is 0 Å². The Morgan fingerprint density at radius 2 is 1.20 bits per heavy atom. The first-order valence-electron chi connectivity index (χ1n) is 5.64. The second-order valence-electron chi connectivity index (χ2n) is 3.98. The fourth-order valence-electron chi connectivity index (χ4n) is 1.19. The summed E-state index contributed by atoms with van der Waals surface area (Å²) < 4.78 is 18.5. The van der Waals surface area contributed by atoms with Crippen LogP contribution in [0.1, 0.15) is 27.7 Å². The molecule has 0 saturated heterocycles. The number of esters is 3. The predicted molar refractivity (Wildman–Crippen MR) is 68.1 cm³/mol. The fraction of sp³-hybridized carbons (Fsp3) is 0.636. The van der Waals surface area contributed by atoms with Crippen LogP contribution in [-0.2, 0) is 37.9 Å². The molecule has 0 aromatic rings. The molecule has 9 heteroatoms. The zero-order valence-electron chi connectivity index (χ0n) is 11.6. The maximum Gasteiger partial charge on any atom is 0.354 e. The molecule has 0 N–H and O–H groups in total. The van der Waals surface area contributed by atoms with Crippen LogP contribution in [0.25, 0.3) is 0 Å². The number of rotatable bonds is 6. The number of ether oxygens (including phenoxy) is 3. The van der Waals surface area contributed by atoms with E-state index in [1.165, 1.54) is 0 Å². The van der Waals surface area contributed by atoms with Gasteiger partial charge in [0, 0.05) is 13.8 Å². The Bertz CT molecular complexity index is 392. The first-order valence-corrected chi connectivity index (χ1v) is 6.11. The standard InChI is InChI=1S/C11H17O8P/c1-5(2)16-10(14)8(17-6(3)12)9(11(15)19-20)18-7(4)13/h5,8-9H,20H2,1-4H3/t8-,9-/m1/s1. The van der Waals surface area contributed by atoms with Gasteiger partial charge in [-0.3, -0.25) is 9.59 Å². The first-order chi connectivity index (χ1) is 9.18. The molecule has 1 unspecified atom stereocenters. The lowest BCUT2D eigenvalue weighted by atomic mass is 10.2. The minimum atomic E-state index is -1.74. The summed E-state index contributed by atoms with van der Waals surface area (Å²) in [5.41, 5.74) is 0. The zero-order chi connectivity index (χ0) is 15.9. The molecule has 8 nitrogen and oxygen atoms in total. The number of hydrogen-bond acceptors (Lipinski definition) is 8. The van der Waals surface area contributed by atoms with Gasteiger partial charge in [0.2, 0.25) is 12.2 Å². The van der Waals surface area contributed by atoms with Crippen LogP contribution in [0.2, 0.25) is 0 Å². The average Bonchev–Trinajstić information content (AvgIpc) is 2.30. The van der Waals surface area contributed by atoms with Gasteiger partial charge in [-0.25, -0.2) is 9.59 Å². The van der Waals surface area contributed by atoms with Crippen molar-refractivity contribution in [1.29, 1.82) is 0 Å². The summed E-state index contributed by atoms with van der Waals surface area (Å²) in [4.78, 5) is 45.4. The van der Waals surface area contributed by atoms with Crippen LogP contribution in [0, 0.1) is 0 Å². The van der Waals surface area contributed by atoms with Crippen LogP contribution in [0.5, 0.6) is 0 Å². The van der Waals surface area contributed by atoms with Crippen molar-refractivity contribution >= 4 is 33.3 Å². The predicted octanol–water partition coefficient (Wildman–Crippen LogP) is 0.135. The Balaban J connectivity index is 5.28. The van der Waals surface area contributed by atoms with E-state index in [1.54, 1.807) is 23.3 Å². The van der Waals surface area contributed by atoms with Gasteiger partial charge in [-0.2, -0.15) is 0 Å². The normalized spacial score (nSPS) is 13.1. The Labute approximate surface area is 118 Å². The van der Waals surface area contributed by atoms with Crippen molar-refractivity contribution in [3.05, 3.63) is 0 Å². The Morgan fingerprint density at radius 1 is 0.800 bits per heavy atom. The minimum Gasteiger partial charge on any atom is -0.460 e. The first kappa shape index (κ1) is 18.3. The lowest BCUT2D eigenvalue weighted by Crippen LogP contribution is -2.46. The molecule has 20 heavy (non-hydrogen) atoms. The summed E-state index contributed by atoms with van der Waals surface area (Å²) in [6.45, 7) is 5.20. The third kappa shape index (κ3) is 6.47. The third-order valence-electron chi connectivity index (χ3n) is 1.79. The number of carbonyl (C=O) groups excluding carboxylic acids is 4. The Morgan fingerprint density at radius 3 is 1.50 bits per heavy atom. The molecule has 0 fully saturated rings. The molecule has 0 rings (SSSR count). The summed E-state index contributed by atoms with van der Waals surface area (Å²) >= 11 is 0. The van der Waals surface area contributed by atoms with Crippen LogP contribution < -0.4 is 0 Å². The van der Waals surface area contributed by atoms with Gasteiger partial charge >= 0.3 is 23.9 Å². The maximum atomic E-state index is 11.8.